The predicted octanol–water partition coefficient (Wildman–Crippen LogP) is 2.33. The van der Waals surface area contributed by atoms with Crippen molar-refractivity contribution in [1.82, 2.24) is 4.90 Å². The number of piperazine rings is 1. The minimum absolute atomic E-state index is 0.696. The number of ether oxygens (including phenoxy) is 1. The van der Waals surface area contributed by atoms with Crippen LogP contribution >= 0.6 is 0 Å². The van der Waals surface area contributed by atoms with Crippen LogP contribution in [0.2, 0.25) is 0 Å². The number of nitrogens with zero attached hydrogens (tertiary/aromatic N) is 2. The quantitative estimate of drug-likeness (QED) is 0.811. The number of hydrogen-bond donors (Lipinski definition) is 0. The van der Waals surface area contributed by atoms with Crippen molar-refractivity contribution in [3.05, 3.63) is 29.8 Å². The predicted molar refractivity (Wildman–Crippen MR) is 78.9 cm³/mol. The van der Waals surface area contributed by atoms with Crippen molar-refractivity contribution in [3.63, 3.8) is 0 Å². The normalized spacial score (nSPS) is 22.7. The zero-order valence-corrected chi connectivity index (χ0v) is 11.8. The number of rotatable bonds is 2. The maximum atomic E-state index is 5.46. The van der Waals surface area contributed by atoms with Gasteiger partial charge in [0, 0.05) is 45.1 Å². The molecule has 0 aliphatic carbocycles. The van der Waals surface area contributed by atoms with E-state index in [0.29, 0.717) is 5.92 Å². The van der Waals surface area contributed by atoms with Gasteiger partial charge < -0.3 is 14.5 Å². The second-order valence-corrected chi connectivity index (χ2v) is 5.77. The molecule has 0 bridgehead atoms. The number of likely N-dealkylation sites (N-methyl/N-ethyl adjacent to an activating group) is 1. The summed E-state index contributed by atoms with van der Waals surface area (Å²) in [5.74, 6) is 0.696. The summed E-state index contributed by atoms with van der Waals surface area (Å²) >= 11 is 0. The maximum Gasteiger partial charge on any atom is 0.0471 e. The summed E-state index contributed by atoms with van der Waals surface area (Å²) in [4.78, 5) is 4.92. The molecule has 0 unspecified atom stereocenters. The second kappa shape index (κ2) is 5.93. The Hall–Kier alpha value is -1.06. The van der Waals surface area contributed by atoms with Gasteiger partial charge in [0.15, 0.2) is 0 Å². The Balaban J connectivity index is 1.72. The van der Waals surface area contributed by atoms with Crippen LogP contribution in [0.25, 0.3) is 0 Å². The molecule has 0 spiro atoms. The molecule has 104 valence electrons. The van der Waals surface area contributed by atoms with Crippen LogP contribution in [0.4, 0.5) is 5.69 Å². The van der Waals surface area contributed by atoms with E-state index in [-0.39, 0.29) is 0 Å². The summed E-state index contributed by atoms with van der Waals surface area (Å²) in [6, 6.07) is 9.17. The van der Waals surface area contributed by atoms with E-state index in [2.05, 4.69) is 41.1 Å². The molecule has 1 aromatic rings. The van der Waals surface area contributed by atoms with Crippen LogP contribution in [0.5, 0.6) is 0 Å². The smallest absolute Gasteiger partial charge is 0.0471 e. The summed E-state index contributed by atoms with van der Waals surface area (Å²) in [5.41, 5.74) is 2.90. The van der Waals surface area contributed by atoms with Gasteiger partial charge in [0.1, 0.15) is 0 Å². The molecule has 0 N–H and O–H groups in total. The Bertz CT molecular complexity index is 407. The van der Waals surface area contributed by atoms with Crippen LogP contribution in [0.15, 0.2) is 24.3 Å². The minimum Gasteiger partial charge on any atom is -0.381 e. The summed E-state index contributed by atoms with van der Waals surface area (Å²) in [7, 11) is 2.20. The first-order chi connectivity index (χ1) is 9.33. The Morgan fingerprint density at radius 2 is 1.79 bits per heavy atom. The van der Waals surface area contributed by atoms with Gasteiger partial charge in [-0.05, 0) is 43.5 Å². The maximum absolute atomic E-state index is 5.46. The first kappa shape index (κ1) is 12.9. The third-order valence-corrected chi connectivity index (χ3v) is 4.43. The van der Waals surface area contributed by atoms with E-state index in [1.807, 2.05) is 0 Å². The molecule has 3 rings (SSSR count). The Labute approximate surface area is 116 Å². The SMILES string of the molecule is CN1CCN(c2cccc(C3CCOCC3)c2)CC1. The lowest BCUT2D eigenvalue weighted by Gasteiger charge is -2.34. The lowest BCUT2D eigenvalue weighted by molar-refractivity contribution is 0.0853. The van der Waals surface area contributed by atoms with Crippen molar-refractivity contribution < 1.29 is 4.74 Å². The van der Waals surface area contributed by atoms with Gasteiger partial charge in [-0.3, -0.25) is 0 Å². The standard InChI is InChI=1S/C16H24N2O/c1-17-7-9-18(10-8-17)16-4-2-3-15(13-16)14-5-11-19-12-6-14/h2-4,13-14H,5-12H2,1H3. The topological polar surface area (TPSA) is 15.7 Å². The second-order valence-electron chi connectivity index (χ2n) is 5.77. The van der Waals surface area contributed by atoms with Crippen molar-refractivity contribution in [1.29, 1.82) is 0 Å². The molecule has 0 amide bonds. The molecule has 2 saturated heterocycles. The van der Waals surface area contributed by atoms with Gasteiger partial charge in [-0.1, -0.05) is 12.1 Å². The van der Waals surface area contributed by atoms with Gasteiger partial charge in [0.05, 0.1) is 0 Å². The van der Waals surface area contributed by atoms with E-state index in [4.69, 9.17) is 4.74 Å². The molecule has 1 aromatic carbocycles. The molecule has 0 atom stereocenters. The highest BCUT2D eigenvalue weighted by molar-refractivity contribution is 5.49. The Morgan fingerprint density at radius 1 is 1.05 bits per heavy atom. The molecule has 0 radical (unpaired) electrons. The van der Waals surface area contributed by atoms with Crippen molar-refractivity contribution in [2.24, 2.45) is 0 Å². The van der Waals surface area contributed by atoms with Gasteiger partial charge in [-0.15, -0.1) is 0 Å². The Kier molecular flexibility index (Phi) is 4.04. The first-order valence-electron chi connectivity index (χ1n) is 7.44. The zero-order valence-electron chi connectivity index (χ0n) is 11.8. The minimum atomic E-state index is 0.696. The lowest BCUT2D eigenvalue weighted by Crippen LogP contribution is -2.44. The fourth-order valence-corrected chi connectivity index (χ4v) is 3.07. The number of benzene rings is 1. The zero-order chi connectivity index (χ0) is 13.1. The summed E-state index contributed by atoms with van der Waals surface area (Å²) < 4.78 is 5.46. The highest BCUT2D eigenvalue weighted by Crippen LogP contribution is 2.29. The average Bonchev–Trinajstić information content (AvgIpc) is 2.49. The van der Waals surface area contributed by atoms with Gasteiger partial charge in [-0.2, -0.15) is 0 Å². The van der Waals surface area contributed by atoms with E-state index in [9.17, 15) is 0 Å². The van der Waals surface area contributed by atoms with E-state index >= 15 is 0 Å². The van der Waals surface area contributed by atoms with E-state index < -0.39 is 0 Å². The lowest BCUT2D eigenvalue weighted by atomic mass is 9.91. The highest BCUT2D eigenvalue weighted by Gasteiger charge is 2.18. The number of anilines is 1. The summed E-state index contributed by atoms with van der Waals surface area (Å²) in [6.07, 6.45) is 2.35. The van der Waals surface area contributed by atoms with Crippen LogP contribution in [-0.2, 0) is 4.74 Å². The van der Waals surface area contributed by atoms with Crippen molar-refractivity contribution in [3.8, 4) is 0 Å². The van der Waals surface area contributed by atoms with Gasteiger partial charge >= 0.3 is 0 Å². The van der Waals surface area contributed by atoms with Crippen LogP contribution in [0.3, 0.4) is 0 Å². The van der Waals surface area contributed by atoms with Crippen LogP contribution in [-0.4, -0.2) is 51.3 Å². The van der Waals surface area contributed by atoms with Crippen molar-refractivity contribution in [2.75, 3.05) is 51.3 Å². The average molecular weight is 260 g/mol. The summed E-state index contributed by atoms with van der Waals surface area (Å²) in [5, 5.41) is 0. The highest BCUT2D eigenvalue weighted by atomic mass is 16.5. The largest absolute Gasteiger partial charge is 0.381 e. The van der Waals surface area contributed by atoms with Gasteiger partial charge in [-0.25, -0.2) is 0 Å². The molecule has 0 saturated carbocycles. The molecule has 19 heavy (non-hydrogen) atoms. The van der Waals surface area contributed by atoms with Crippen molar-refractivity contribution >= 4 is 5.69 Å². The molecule has 2 heterocycles. The molecule has 3 heteroatoms. The molecule has 0 aromatic heterocycles. The number of hydrogen-bond acceptors (Lipinski definition) is 3. The van der Waals surface area contributed by atoms with E-state index in [1.165, 1.54) is 37.2 Å². The van der Waals surface area contributed by atoms with Crippen LogP contribution < -0.4 is 4.90 Å². The van der Waals surface area contributed by atoms with Crippen LogP contribution in [0.1, 0.15) is 24.3 Å². The first-order valence-corrected chi connectivity index (χ1v) is 7.44. The van der Waals surface area contributed by atoms with Crippen LogP contribution in [0, 0.1) is 0 Å². The molecule has 3 nitrogen and oxygen atoms in total. The van der Waals surface area contributed by atoms with Gasteiger partial charge in [0.2, 0.25) is 0 Å². The Morgan fingerprint density at radius 3 is 2.53 bits per heavy atom. The fraction of sp³-hybridized carbons (Fsp3) is 0.625. The summed E-state index contributed by atoms with van der Waals surface area (Å²) in [6.45, 7) is 6.47. The molecular weight excluding hydrogens is 236 g/mol. The fourth-order valence-electron chi connectivity index (χ4n) is 3.07. The molecular formula is C16H24N2O. The third kappa shape index (κ3) is 3.10. The third-order valence-electron chi connectivity index (χ3n) is 4.43. The van der Waals surface area contributed by atoms with Gasteiger partial charge in [0.25, 0.3) is 0 Å². The monoisotopic (exact) mass is 260 g/mol. The molecule has 2 aliphatic rings. The molecule has 2 fully saturated rings. The van der Waals surface area contributed by atoms with E-state index in [1.54, 1.807) is 0 Å². The molecule has 2 aliphatic heterocycles. The van der Waals surface area contributed by atoms with Crippen molar-refractivity contribution in [2.45, 2.75) is 18.8 Å². The van der Waals surface area contributed by atoms with E-state index in [0.717, 1.165) is 26.3 Å².